The number of guanidine groups is 1. The number of carbonyl (C=O) groups excluding carboxylic acids is 1. The van der Waals surface area contributed by atoms with E-state index in [1.807, 2.05) is 36.9 Å². The van der Waals surface area contributed by atoms with Crippen LogP contribution in [0.15, 0.2) is 40.1 Å². The van der Waals surface area contributed by atoms with Gasteiger partial charge in [0.15, 0.2) is 5.96 Å². The van der Waals surface area contributed by atoms with E-state index in [-0.39, 0.29) is 12.1 Å². The van der Waals surface area contributed by atoms with Crippen LogP contribution in [0.25, 0.3) is 0 Å². The van der Waals surface area contributed by atoms with Crippen LogP contribution in [0.4, 0.5) is 4.79 Å². The van der Waals surface area contributed by atoms with Crippen molar-refractivity contribution in [1.29, 1.82) is 0 Å². The lowest BCUT2D eigenvalue weighted by atomic mass is 10.1. The fourth-order valence-electron chi connectivity index (χ4n) is 3.24. The van der Waals surface area contributed by atoms with Crippen LogP contribution in [0.1, 0.15) is 31.2 Å². The molecule has 1 fully saturated rings. The summed E-state index contributed by atoms with van der Waals surface area (Å²) >= 11 is 0. The Hall–Kier alpha value is -2.97. The van der Waals surface area contributed by atoms with Crippen LogP contribution >= 0.6 is 0 Å². The molecule has 0 unspecified atom stereocenters. The number of carbonyl (C=O) groups is 1. The van der Waals surface area contributed by atoms with E-state index in [0.717, 1.165) is 36.7 Å². The highest BCUT2D eigenvalue weighted by Crippen LogP contribution is 2.11. The number of rotatable bonds is 7. The van der Waals surface area contributed by atoms with Gasteiger partial charge in [-0.15, -0.1) is 0 Å². The van der Waals surface area contributed by atoms with Gasteiger partial charge in [-0.2, -0.15) is 5.10 Å². The second-order valence-electron chi connectivity index (χ2n) is 6.97. The normalized spacial score (nSPS) is 15.4. The predicted molar refractivity (Wildman–Crippen MR) is 110 cm³/mol. The zero-order valence-electron chi connectivity index (χ0n) is 17.1. The Kier molecular flexibility index (Phi) is 7.54. The Morgan fingerprint density at radius 3 is 2.86 bits per heavy atom. The Morgan fingerprint density at radius 1 is 1.38 bits per heavy atom. The van der Waals surface area contributed by atoms with Crippen molar-refractivity contribution in [1.82, 2.24) is 25.3 Å². The molecule has 29 heavy (non-hydrogen) atoms. The number of nitrogens with one attached hydrogen (secondary N) is 2. The van der Waals surface area contributed by atoms with Crippen LogP contribution in [-0.2, 0) is 24.8 Å². The summed E-state index contributed by atoms with van der Waals surface area (Å²) in [6.45, 7) is 4.84. The summed E-state index contributed by atoms with van der Waals surface area (Å²) in [5.74, 6) is 1.69. The van der Waals surface area contributed by atoms with Gasteiger partial charge in [-0.1, -0.05) is 0 Å². The average Bonchev–Trinajstić information content (AvgIpc) is 3.38. The summed E-state index contributed by atoms with van der Waals surface area (Å²) in [6.07, 6.45) is 5.70. The van der Waals surface area contributed by atoms with E-state index < -0.39 is 0 Å². The zero-order valence-corrected chi connectivity index (χ0v) is 17.1. The van der Waals surface area contributed by atoms with Crippen LogP contribution in [0, 0.1) is 0 Å². The van der Waals surface area contributed by atoms with Crippen LogP contribution in [0.5, 0.6) is 0 Å². The number of piperidine rings is 1. The summed E-state index contributed by atoms with van der Waals surface area (Å²) in [5, 5.41) is 11.1. The lowest BCUT2D eigenvalue weighted by Crippen LogP contribution is -2.50. The van der Waals surface area contributed by atoms with Crippen molar-refractivity contribution in [2.45, 2.75) is 38.8 Å². The van der Waals surface area contributed by atoms with Crippen LogP contribution in [0.3, 0.4) is 0 Å². The highest BCUT2D eigenvalue weighted by atomic mass is 16.6. The Bertz CT molecular complexity index is 778. The number of likely N-dealkylation sites (tertiary alicyclic amines) is 1. The Morgan fingerprint density at radius 2 is 2.21 bits per heavy atom. The summed E-state index contributed by atoms with van der Waals surface area (Å²) in [7, 11) is 1.91. The van der Waals surface area contributed by atoms with E-state index in [4.69, 9.17) is 14.1 Å². The highest BCUT2D eigenvalue weighted by Gasteiger charge is 2.24. The quantitative estimate of drug-likeness (QED) is 0.542. The zero-order chi connectivity index (χ0) is 20.5. The van der Waals surface area contributed by atoms with Crippen molar-refractivity contribution in [3.05, 3.63) is 42.1 Å². The van der Waals surface area contributed by atoms with E-state index in [0.29, 0.717) is 32.8 Å². The fraction of sp³-hybridized carbons (Fsp3) is 0.550. The first kappa shape index (κ1) is 20.8. The SMILES string of the molecule is CCOC(=O)N1CCC(NC(=NCc2ccnn2C)NCCc2ccco2)CC1. The predicted octanol–water partition coefficient (Wildman–Crippen LogP) is 1.91. The number of hydrogen-bond donors (Lipinski definition) is 2. The van der Waals surface area contributed by atoms with E-state index in [1.165, 1.54) is 0 Å². The van der Waals surface area contributed by atoms with Gasteiger partial charge in [0.2, 0.25) is 0 Å². The molecular weight excluding hydrogens is 372 g/mol. The molecule has 0 atom stereocenters. The number of aromatic nitrogens is 2. The van der Waals surface area contributed by atoms with Crippen molar-refractivity contribution in [3.8, 4) is 0 Å². The van der Waals surface area contributed by atoms with Crippen molar-refractivity contribution in [2.24, 2.45) is 12.0 Å². The summed E-state index contributed by atoms with van der Waals surface area (Å²) in [6, 6.07) is 6.07. The first-order valence-electron chi connectivity index (χ1n) is 10.1. The molecule has 0 bridgehead atoms. The van der Waals surface area contributed by atoms with E-state index in [1.54, 1.807) is 17.4 Å². The number of furan rings is 1. The maximum atomic E-state index is 11.9. The molecule has 2 aromatic heterocycles. The molecule has 158 valence electrons. The Labute approximate surface area is 171 Å². The minimum absolute atomic E-state index is 0.229. The van der Waals surface area contributed by atoms with Gasteiger partial charge in [-0.25, -0.2) is 9.79 Å². The first-order valence-corrected chi connectivity index (χ1v) is 10.1. The third-order valence-corrected chi connectivity index (χ3v) is 4.93. The van der Waals surface area contributed by atoms with E-state index >= 15 is 0 Å². The van der Waals surface area contributed by atoms with Gasteiger partial charge in [0.1, 0.15) is 5.76 Å². The number of amides is 1. The molecule has 3 heterocycles. The third-order valence-electron chi connectivity index (χ3n) is 4.93. The number of hydrogen-bond acceptors (Lipinski definition) is 5. The lowest BCUT2D eigenvalue weighted by Gasteiger charge is -2.32. The number of aliphatic imine (C=N–C) groups is 1. The Balaban J connectivity index is 1.54. The summed E-state index contributed by atoms with van der Waals surface area (Å²) < 4.78 is 12.3. The number of nitrogens with zero attached hydrogens (tertiary/aromatic N) is 4. The molecule has 9 nitrogen and oxygen atoms in total. The second kappa shape index (κ2) is 10.5. The minimum atomic E-state index is -0.229. The second-order valence-corrected chi connectivity index (χ2v) is 6.97. The minimum Gasteiger partial charge on any atom is -0.469 e. The molecule has 1 amide bonds. The molecule has 1 saturated heterocycles. The molecule has 0 aromatic carbocycles. The van der Waals surface area contributed by atoms with Gasteiger partial charge in [0.25, 0.3) is 0 Å². The van der Waals surface area contributed by atoms with E-state index in [2.05, 4.69) is 15.7 Å². The molecule has 2 N–H and O–H groups in total. The molecule has 3 rings (SSSR count). The van der Waals surface area contributed by atoms with E-state index in [9.17, 15) is 4.79 Å². The first-order chi connectivity index (χ1) is 14.2. The molecule has 1 aliphatic heterocycles. The van der Waals surface area contributed by atoms with Crippen molar-refractivity contribution in [2.75, 3.05) is 26.2 Å². The summed E-state index contributed by atoms with van der Waals surface area (Å²) in [5.41, 5.74) is 1.04. The van der Waals surface area contributed by atoms with Crippen LogP contribution in [0.2, 0.25) is 0 Å². The van der Waals surface area contributed by atoms with Gasteiger partial charge in [0, 0.05) is 45.3 Å². The van der Waals surface area contributed by atoms with Crippen molar-refractivity contribution in [3.63, 3.8) is 0 Å². The molecule has 9 heteroatoms. The van der Waals surface area contributed by atoms with Gasteiger partial charge in [-0.3, -0.25) is 4.68 Å². The molecule has 2 aromatic rings. The van der Waals surface area contributed by atoms with Gasteiger partial charge >= 0.3 is 6.09 Å². The van der Waals surface area contributed by atoms with Crippen LogP contribution < -0.4 is 10.6 Å². The largest absolute Gasteiger partial charge is 0.469 e. The maximum Gasteiger partial charge on any atom is 0.409 e. The van der Waals surface area contributed by atoms with Gasteiger partial charge in [-0.05, 0) is 38.0 Å². The van der Waals surface area contributed by atoms with Crippen molar-refractivity contribution >= 4 is 12.1 Å². The topological polar surface area (TPSA) is 96.9 Å². The van der Waals surface area contributed by atoms with Gasteiger partial charge in [0.05, 0.1) is 25.1 Å². The lowest BCUT2D eigenvalue weighted by molar-refractivity contribution is 0.0963. The monoisotopic (exact) mass is 402 g/mol. The highest BCUT2D eigenvalue weighted by molar-refractivity contribution is 5.80. The molecule has 0 radical (unpaired) electrons. The van der Waals surface area contributed by atoms with Gasteiger partial charge < -0.3 is 24.7 Å². The molecule has 1 aliphatic rings. The average molecular weight is 402 g/mol. The molecular formula is C20H30N6O3. The standard InChI is InChI=1S/C20H30N6O3/c1-3-28-20(27)26-12-8-16(9-13-26)24-19(21-10-7-18-5-4-14-29-18)22-15-17-6-11-23-25(17)2/h4-6,11,14,16H,3,7-10,12-13,15H2,1-2H3,(H2,21,22,24). The molecule has 0 aliphatic carbocycles. The number of ether oxygens (including phenoxy) is 1. The van der Waals surface area contributed by atoms with Crippen molar-refractivity contribution < 1.29 is 13.9 Å². The molecule has 0 spiro atoms. The van der Waals surface area contributed by atoms with Crippen LogP contribution in [-0.4, -0.2) is 59.0 Å². The molecule has 0 saturated carbocycles. The maximum absolute atomic E-state index is 11.9. The number of aryl methyl sites for hydroxylation is 1. The summed E-state index contributed by atoms with van der Waals surface area (Å²) in [4.78, 5) is 18.4. The fourth-order valence-corrected chi connectivity index (χ4v) is 3.24. The smallest absolute Gasteiger partial charge is 0.409 e. The third kappa shape index (κ3) is 6.27.